The third-order valence-corrected chi connectivity index (χ3v) is 6.44. The molecule has 0 bridgehead atoms. The molecule has 0 fully saturated rings. The van der Waals surface area contributed by atoms with Gasteiger partial charge in [-0.1, -0.05) is 23.9 Å². The lowest BCUT2D eigenvalue weighted by atomic mass is 10.1. The molecule has 31 heavy (non-hydrogen) atoms. The van der Waals surface area contributed by atoms with Gasteiger partial charge in [0.2, 0.25) is 0 Å². The molecule has 13 heteroatoms. The fourth-order valence-electron chi connectivity index (χ4n) is 2.92. The molecule has 4 aromatic rings. The Bertz CT molecular complexity index is 1330. The zero-order valence-electron chi connectivity index (χ0n) is 15.2. The largest absolute Gasteiger partial charge is 0.507 e. The number of fused-ring (bicyclic) bond motifs is 2. The zero-order chi connectivity index (χ0) is 22.3. The van der Waals surface area contributed by atoms with Crippen LogP contribution in [0.5, 0.6) is 5.75 Å². The monoisotopic (exact) mass is 468 g/mol. The maximum atomic E-state index is 13.3. The number of amides is 1. The van der Waals surface area contributed by atoms with Gasteiger partial charge in [0.05, 0.1) is 5.56 Å². The fraction of sp³-hybridized carbons (Fsp3) is 0.111. The van der Waals surface area contributed by atoms with Gasteiger partial charge in [0, 0.05) is 26.4 Å². The Labute approximate surface area is 179 Å². The van der Waals surface area contributed by atoms with E-state index in [1.807, 2.05) is 0 Å². The molecule has 4 rings (SSSR count). The van der Waals surface area contributed by atoms with Crippen LogP contribution in [0.1, 0.15) is 15.9 Å². The molecule has 0 atom stereocenters. The van der Waals surface area contributed by atoms with Crippen LogP contribution in [0.15, 0.2) is 45.9 Å². The molecule has 160 valence electrons. The lowest BCUT2D eigenvalue weighted by Crippen LogP contribution is -2.29. The third kappa shape index (κ3) is 3.88. The van der Waals surface area contributed by atoms with Crippen LogP contribution >= 0.6 is 23.1 Å². The van der Waals surface area contributed by atoms with Gasteiger partial charge in [-0.05, 0) is 6.07 Å². The minimum absolute atomic E-state index is 0.0269. The molecule has 0 saturated heterocycles. The molecule has 3 N–H and O–H groups in total. The topological polar surface area (TPSA) is 117 Å². The van der Waals surface area contributed by atoms with E-state index in [4.69, 9.17) is 5.11 Å². The van der Waals surface area contributed by atoms with Gasteiger partial charge in [0.25, 0.3) is 5.91 Å². The molecule has 3 heterocycles. The molecule has 0 aliphatic rings. The van der Waals surface area contributed by atoms with Gasteiger partial charge in [-0.25, -0.2) is 9.50 Å². The van der Waals surface area contributed by atoms with Gasteiger partial charge in [0.15, 0.2) is 5.65 Å². The van der Waals surface area contributed by atoms with Crippen molar-refractivity contribution >= 4 is 50.7 Å². The van der Waals surface area contributed by atoms with Crippen molar-refractivity contribution in [3.05, 3.63) is 47.1 Å². The summed E-state index contributed by atoms with van der Waals surface area (Å²) in [5, 5.41) is 27.5. The molecule has 0 aliphatic carbocycles. The maximum absolute atomic E-state index is 13.3. The van der Waals surface area contributed by atoms with Gasteiger partial charge >= 0.3 is 12.1 Å². The third-order valence-electron chi connectivity index (χ3n) is 4.21. The lowest BCUT2D eigenvalue weighted by Gasteiger charge is -2.10. The Morgan fingerprint density at radius 1 is 1.29 bits per heavy atom. The van der Waals surface area contributed by atoms with Gasteiger partial charge in [-0.3, -0.25) is 9.59 Å². The number of thiophene rings is 1. The van der Waals surface area contributed by atoms with E-state index in [0.29, 0.717) is 15.3 Å². The number of hydrogen-bond donors (Lipinski definition) is 3. The smallest absolute Gasteiger partial charge is 0.417 e. The number of aromatic nitrogens is 3. The molecule has 3 aromatic heterocycles. The van der Waals surface area contributed by atoms with Crippen molar-refractivity contribution in [3.8, 4) is 5.75 Å². The first kappa shape index (κ1) is 20.9. The minimum atomic E-state index is -4.49. The number of carboxylic acids is 1. The molecule has 0 spiro atoms. The van der Waals surface area contributed by atoms with Crippen molar-refractivity contribution in [1.29, 1.82) is 0 Å². The number of carbonyl (C=O) groups is 2. The lowest BCUT2D eigenvalue weighted by molar-refractivity contribution is -0.136. The first-order chi connectivity index (χ1) is 14.7. The summed E-state index contributed by atoms with van der Waals surface area (Å²) in [6.45, 7) is -0.655. The molecule has 1 aromatic carbocycles. The Hall–Kier alpha value is -3.32. The summed E-state index contributed by atoms with van der Waals surface area (Å²) in [7, 11) is 0. The van der Waals surface area contributed by atoms with E-state index < -0.39 is 35.9 Å². The van der Waals surface area contributed by atoms with E-state index >= 15 is 0 Å². The highest BCUT2D eigenvalue weighted by molar-refractivity contribution is 7.99. The first-order valence-electron chi connectivity index (χ1n) is 8.47. The van der Waals surface area contributed by atoms with Gasteiger partial charge < -0.3 is 15.5 Å². The van der Waals surface area contributed by atoms with Crippen molar-refractivity contribution in [3.63, 3.8) is 0 Å². The highest BCUT2D eigenvalue weighted by Gasteiger charge is 2.33. The maximum Gasteiger partial charge on any atom is 0.417 e. The minimum Gasteiger partial charge on any atom is -0.507 e. The van der Waals surface area contributed by atoms with E-state index in [0.717, 1.165) is 35.5 Å². The molecule has 0 saturated carbocycles. The van der Waals surface area contributed by atoms with Gasteiger partial charge in [0.1, 0.15) is 29.2 Å². The zero-order valence-corrected chi connectivity index (χ0v) is 16.8. The molecule has 0 radical (unpaired) electrons. The number of halogens is 3. The summed E-state index contributed by atoms with van der Waals surface area (Å²) in [6.07, 6.45) is -3.35. The van der Waals surface area contributed by atoms with Crippen LogP contribution in [0.2, 0.25) is 0 Å². The summed E-state index contributed by atoms with van der Waals surface area (Å²) in [5.41, 5.74) is -1.03. The van der Waals surface area contributed by atoms with Crippen LogP contribution in [0, 0.1) is 0 Å². The molecule has 0 aliphatic heterocycles. The van der Waals surface area contributed by atoms with E-state index in [2.05, 4.69) is 15.4 Å². The number of hydrogen-bond acceptors (Lipinski definition) is 7. The van der Waals surface area contributed by atoms with Crippen molar-refractivity contribution in [1.82, 2.24) is 19.9 Å². The average Bonchev–Trinajstić information content (AvgIpc) is 3.33. The van der Waals surface area contributed by atoms with Crippen LogP contribution in [0.25, 0.3) is 15.7 Å². The average molecular weight is 468 g/mol. The Morgan fingerprint density at radius 2 is 2.06 bits per heavy atom. The number of pyridine rings is 1. The van der Waals surface area contributed by atoms with Crippen LogP contribution < -0.4 is 5.32 Å². The number of nitrogens with zero attached hydrogens (tertiary/aromatic N) is 3. The normalized spacial score (nSPS) is 11.8. The summed E-state index contributed by atoms with van der Waals surface area (Å²) in [5.74, 6) is -2.59. The Morgan fingerprint density at radius 3 is 2.77 bits per heavy atom. The number of benzene rings is 1. The second-order valence-corrected chi connectivity index (χ2v) is 8.14. The van der Waals surface area contributed by atoms with Crippen LogP contribution in [-0.2, 0) is 11.0 Å². The SMILES string of the molecule is O=C(O)CNC(=O)c1c(O)cc(Sc2csc3c(C(F)(F)F)cccc23)n2ncnc12. The summed E-state index contributed by atoms with van der Waals surface area (Å²) in [6, 6.07) is 5.12. The van der Waals surface area contributed by atoms with Gasteiger partial charge in [-0.2, -0.15) is 18.3 Å². The predicted molar refractivity (Wildman–Crippen MR) is 106 cm³/mol. The summed E-state index contributed by atoms with van der Waals surface area (Å²) < 4.78 is 41.2. The van der Waals surface area contributed by atoms with E-state index in [9.17, 15) is 27.9 Å². The number of rotatable bonds is 5. The fourth-order valence-corrected chi connectivity index (χ4v) is 5.19. The number of aromatic hydroxyl groups is 1. The van der Waals surface area contributed by atoms with Crippen LogP contribution in [0.3, 0.4) is 0 Å². The van der Waals surface area contributed by atoms with Gasteiger partial charge in [-0.15, -0.1) is 11.3 Å². The number of carbonyl (C=O) groups excluding carboxylic acids is 1. The van der Waals surface area contributed by atoms with Crippen LogP contribution in [0.4, 0.5) is 13.2 Å². The molecule has 1 amide bonds. The molecule has 8 nitrogen and oxygen atoms in total. The van der Waals surface area contributed by atoms with Crippen LogP contribution in [-0.4, -0.2) is 43.2 Å². The highest BCUT2D eigenvalue weighted by atomic mass is 32.2. The molecular formula is C18H11F3N4O4S2. The van der Waals surface area contributed by atoms with Crippen molar-refractivity contribution in [2.24, 2.45) is 0 Å². The van der Waals surface area contributed by atoms with E-state index in [-0.39, 0.29) is 15.9 Å². The Kier molecular flexibility index (Phi) is 5.23. The van der Waals surface area contributed by atoms with Crippen molar-refractivity contribution < 1.29 is 33.0 Å². The number of carboxylic acid groups (broad SMARTS) is 1. The standard InChI is InChI=1S/C18H11F3N4O4S2/c19-18(20,21)9-3-1-2-8-11(6-30-15(8)9)31-12-4-10(26)14(16-23-7-24-25(12)16)17(29)22-5-13(27)28/h1-4,6-7,26H,5H2,(H,22,29)(H,27,28). The van der Waals surface area contributed by atoms with E-state index in [1.165, 1.54) is 16.6 Å². The first-order valence-corrected chi connectivity index (χ1v) is 10.2. The second-order valence-electron chi connectivity index (χ2n) is 6.20. The number of nitrogens with one attached hydrogen (secondary N) is 1. The summed E-state index contributed by atoms with van der Waals surface area (Å²) in [4.78, 5) is 27.4. The summed E-state index contributed by atoms with van der Waals surface area (Å²) >= 11 is 2.00. The number of aliphatic carboxylic acids is 1. The Balaban J connectivity index is 1.76. The quantitative estimate of drug-likeness (QED) is 0.410. The highest BCUT2D eigenvalue weighted by Crippen LogP contribution is 2.43. The molecule has 0 unspecified atom stereocenters. The predicted octanol–water partition coefficient (Wildman–Crippen LogP) is 3.63. The number of alkyl halides is 3. The van der Waals surface area contributed by atoms with E-state index in [1.54, 1.807) is 11.4 Å². The van der Waals surface area contributed by atoms with Crippen molar-refractivity contribution in [2.75, 3.05) is 6.54 Å². The molecular weight excluding hydrogens is 457 g/mol. The second kappa shape index (κ2) is 7.74. The van der Waals surface area contributed by atoms with Crippen molar-refractivity contribution in [2.45, 2.75) is 16.1 Å².